The zero-order valence-corrected chi connectivity index (χ0v) is 12.5. The molecule has 0 aromatic rings. The molecule has 2 fully saturated rings. The lowest BCUT2D eigenvalue weighted by molar-refractivity contribution is -0.144. The highest BCUT2D eigenvalue weighted by atomic mass is 16.5. The predicted octanol–water partition coefficient (Wildman–Crippen LogP) is 1.75. The van der Waals surface area contributed by atoms with Gasteiger partial charge in [-0.1, -0.05) is 20.3 Å². The molecule has 2 amide bonds. The Bertz CT molecular complexity index is 406. The van der Waals surface area contributed by atoms with Gasteiger partial charge in [0.1, 0.15) is 0 Å². The summed E-state index contributed by atoms with van der Waals surface area (Å²) in [5.41, 5.74) is -0.130. The SMILES string of the molecule is CCOC(=O)CCCCCN1C(=O)C2C(C1=O)C2(C)C. The number of likely N-dealkylation sites (tertiary alicyclic amines) is 1. The van der Waals surface area contributed by atoms with Crippen LogP contribution < -0.4 is 0 Å². The van der Waals surface area contributed by atoms with E-state index in [2.05, 4.69) is 0 Å². The third-order valence-corrected chi connectivity index (χ3v) is 4.46. The Labute approximate surface area is 119 Å². The van der Waals surface area contributed by atoms with E-state index >= 15 is 0 Å². The van der Waals surface area contributed by atoms with E-state index in [1.807, 2.05) is 13.8 Å². The number of hydrogen-bond donors (Lipinski definition) is 0. The molecular weight excluding hydrogens is 258 g/mol. The highest BCUT2D eigenvalue weighted by Crippen LogP contribution is 2.63. The minimum atomic E-state index is -0.177. The highest BCUT2D eigenvalue weighted by Gasteiger charge is 2.72. The Kier molecular flexibility index (Phi) is 4.16. The van der Waals surface area contributed by atoms with E-state index < -0.39 is 0 Å². The molecule has 20 heavy (non-hydrogen) atoms. The smallest absolute Gasteiger partial charge is 0.305 e. The molecule has 5 heteroatoms. The van der Waals surface area contributed by atoms with Crippen LogP contribution in [0, 0.1) is 17.3 Å². The first kappa shape index (κ1) is 15.0. The van der Waals surface area contributed by atoms with Crippen LogP contribution in [0.2, 0.25) is 0 Å². The summed E-state index contributed by atoms with van der Waals surface area (Å²) in [5, 5.41) is 0. The van der Waals surface area contributed by atoms with Crippen molar-refractivity contribution in [1.29, 1.82) is 0 Å². The first-order chi connectivity index (χ1) is 9.41. The van der Waals surface area contributed by atoms with Crippen molar-refractivity contribution in [3.05, 3.63) is 0 Å². The normalized spacial score (nSPS) is 26.6. The second-order valence-electron chi connectivity index (χ2n) is 6.22. The van der Waals surface area contributed by atoms with Gasteiger partial charge in [0.2, 0.25) is 11.8 Å². The van der Waals surface area contributed by atoms with Crippen LogP contribution in [0.5, 0.6) is 0 Å². The number of ether oxygens (including phenoxy) is 1. The average molecular weight is 281 g/mol. The first-order valence-electron chi connectivity index (χ1n) is 7.42. The van der Waals surface area contributed by atoms with Crippen LogP contribution in [-0.2, 0) is 19.1 Å². The molecule has 2 aliphatic rings. The fraction of sp³-hybridized carbons (Fsp3) is 0.800. The number of unbranched alkanes of at least 4 members (excludes halogenated alkanes) is 2. The van der Waals surface area contributed by atoms with Gasteiger partial charge in [-0.3, -0.25) is 19.3 Å². The maximum absolute atomic E-state index is 12.1. The molecular formula is C15H23NO4. The third kappa shape index (κ3) is 2.58. The second kappa shape index (κ2) is 5.54. The standard InChI is InChI=1S/C15H23NO4/c1-4-20-10(17)8-6-5-7-9-16-13(18)11-12(14(16)19)15(11,2)3/h11-12H,4-9H2,1-3H3. The fourth-order valence-corrected chi connectivity index (χ4v) is 3.17. The number of esters is 1. The Balaban J connectivity index is 1.66. The molecule has 0 bridgehead atoms. The van der Waals surface area contributed by atoms with E-state index in [-0.39, 0.29) is 35.0 Å². The summed E-state index contributed by atoms with van der Waals surface area (Å²) < 4.78 is 4.84. The largest absolute Gasteiger partial charge is 0.466 e. The number of carbonyl (C=O) groups is 3. The van der Waals surface area contributed by atoms with Crippen molar-refractivity contribution < 1.29 is 19.1 Å². The lowest BCUT2D eigenvalue weighted by Gasteiger charge is -2.20. The molecule has 2 atom stereocenters. The van der Waals surface area contributed by atoms with Gasteiger partial charge >= 0.3 is 5.97 Å². The van der Waals surface area contributed by atoms with Gasteiger partial charge in [-0.05, 0) is 25.2 Å². The van der Waals surface area contributed by atoms with E-state index in [4.69, 9.17) is 4.74 Å². The Morgan fingerprint density at radius 2 is 1.75 bits per heavy atom. The van der Waals surface area contributed by atoms with E-state index in [1.165, 1.54) is 4.90 Å². The van der Waals surface area contributed by atoms with Crippen LogP contribution in [-0.4, -0.2) is 35.8 Å². The molecule has 112 valence electrons. The first-order valence-corrected chi connectivity index (χ1v) is 7.42. The summed E-state index contributed by atoms with van der Waals surface area (Å²) in [6.45, 7) is 6.65. The zero-order valence-electron chi connectivity index (χ0n) is 12.5. The molecule has 0 aromatic heterocycles. The van der Waals surface area contributed by atoms with E-state index in [9.17, 15) is 14.4 Å². The van der Waals surface area contributed by atoms with Crippen molar-refractivity contribution in [2.75, 3.05) is 13.2 Å². The number of carbonyl (C=O) groups excluding carboxylic acids is 3. The van der Waals surface area contributed by atoms with Gasteiger partial charge in [0.15, 0.2) is 0 Å². The second-order valence-corrected chi connectivity index (χ2v) is 6.22. The molecule has 1 aliphatic heterocycles. The number of fused-ring (bicyclic) bond motifs is 1. The van der Waals surface area contributed by atoms with E-state index in [0.717, 1.165) is 19.3 Å². The summed E-state index contributed by atoms with van der Waals surface area (Å²) >= 11 is 0. The van der Waals surface area contributed by atoms with Crippen LogP contribution in [0.25, 0.3) is 0 Å². The molecule has 0 spiro atoms. The van der Waals surface area contributed by atoms with Gasteiger partial charge in [-0.25, -0.2) is 0 Å². The van der Waals surface area contributed by atoms with Crippen LogP contribution in [0.15, 0.2) is 0 Å². The third-order valence-electron chi connectivity index (χ3n) is 4.46. The van der Waals surface area contributed by atoms with Gasteiger partial charge in [0.05, 0.1) is 18.4 Å². The molecule has 1 heterocycles. The topological polar surface area (TPSA) is 63.7 Å². The average Bonchev–Trinajstić information content (AvgIpc) is 2.84. The fourth-order valence-electron chi connectivity index (χ4n) is 3.17. The van der Waals surface area contributed by atoms with Crippen molar-refractivity contribution in [1.82, 2.24) is 4.90 Å². The number of imide groups is 1. The predicted molar refractivity (Wildman–Crippen MR) is 72.6 cm³/mol. The van der Waals surface area contributed by atoms with Crippen molar-refractivity contribution in [2.45, 2.75) is 46.5 Å². The van der Waals surface area contributed by atoms with Crippen LogP contribution in [0.4, 0.5) is 0 Å². The Morgan fingerprint density at radius 1 is 1.15 bits per heavy atom. The lowest BCUT2D eigenvalue weighted by atomic mass is 10.1. The van der Waals surface area contributed by atoms with Gasteiger partial charge in [0, 0.05) is 13.0 Å². The number of nitrogens with zero attached hydrogens (tertiary/aromatic N) is 1. The summed E-state index contributed by atoms with van der Waals surface area (Å²) in [6, 6.07) is 0. The van der Waals surface area contributed by atoms with Gasteiger partial charge < -0.3 is 4.74 Å². The number of amides is 2. The molecule has 1 saturated heterocycles. The minimum Gasteiger partial charge on any atom is -0.466 e. The molecule has 0 aromatic carbocycles. The van der Waals surface area contributed by atoms with Crippen molar-refractivity contribution in [2.24, 2.45) is 17.3 Å². The summed E-state index contributed by atoms with van der Waals surface area (Å²) in [5.74, 6) is -0.362. The molecule has 5 nitrogen and oxygen atoms in total. The molecule has 1 aliphatic carbocycles. The lowest BCUT2D eigenvalue weighted by Crippen LogP contribution is -2.36. The highest BCUT2D eigenvalue weighted by molar-refractivity contribution is 6.10. The van der Waals surface area contributed by atoms with Gasteiger partial charge in [-0.15, -0.1) is 0 Å². The molecule has 2 unspecified atom stereocenters. The van der Waals surface area contributed by atoms with Crippen molar-refractivity contribution in [3.8, 4) is 0 Å². The Hall–Kier alpha value is -1.39. The monoisotopic (exact) mass is 281 g/mol. The van der Waals surface area contributed by atoms with E-state index in [0.29, 0.717) is 19.6 Å². The van der Waals surface area contributed by atoms with Crippen LogP contribution >= 0.6 is 0 Å². The van der Waals surface area contributed by atoms with Crippen molar-refractivity contribution in [3.63, 3.8) is 0 Å². The summed E-state index contributed by atoms with van der Waals surface area (Å²) in [4.78, 5) is 36.7. The molecule has 0 N–H and O–H groups in total. The maximum atomic E-state index is 12.1. The maximum Gasteiger partial charge on any atom is 0.305 e. The van der Waals surface area contributed by atoms with Crippen LogP contribution in [0.3, 0.4) is 0 Å². The number of hydrogen-bond acceptors (Lipinski definition) is 4. The summed E-state index contributed by atoms with van der Waals surface area (Å²) in [7, 11) is 0. The minimum absolute atomic E-state index is 0.00427. The summed E-state index contributed by atoms with van der Waals surface area (Å²) in [6.07, 6.45) is 2.74. The molecule has 1 saturated carbocycles. The van der Waals surface area contributed by atoms with Gasteiger partial charge in [0.25, 0.3) is 0 Å². The molecule has 2 rings (SSSR count). The Morgan fingerprint density at radius 3 is 2.30 bits per heavy atom. The van der Waals surface area contributed by atoms with Gasteiger partial charge in [-0.2, -0.15) is 0 Å². The van der Waals surface area contributed by atoms with E-state index in [1.54, 1.807) is 6.92 Å². The number of piperidine rings is 1. The van der Waals surface area contributed by atoms with Crippen molar-refractivity contribution >= 4 is 17.8 Å². The quantitative estimate of drug-likeness (QED) is 0.405. The van der Waals surface area contributed by atoms with Crippen LogP contribution in [0.1, 0.15) is 46.5 Å². The molecule has 0 radical (unpaired) electrons. The zero-order chi connectivity index (χ0) is 14.9. The number of rotatable bonds is 7.